The first-order valence-electron chi connectivity index (χ1n) is 7.95. The van der Waals surface area contributed by atoms with Gasteiger partial charge in [0.25, 0.3) is 0 Å². The maximum absolute atomic E-state index is 5.91. The number of nitrogens with one attached hydrogen (secondary N) is 2. The third-order valence-corrected chi connectivity index (χ3v) is 4.54. The highest BCUT2D eigenvalue weighted by molar-refractivity contribution is 6.30. The van der Waals surface area contributed by atoms with Gasteiger partial charge < -0.3 is 10.6 Å². The molecule has 0 aliphatic carbocycles. The summed E-state index contributed by atoms with van der Waals surface area (Å²) in [6.07, 6.45) is 0. The summed E-state index contributed by atoms with van der Waals surface area (Å²) in [5.41, 5.74) is 1.19. The van der Waals surface area contributed by atoms with E-state index >= 15 is 0 Å². The highest BCUT2D eigenvalue weighted by Gasteiger charge is 2.31. The molecule has 0 amide bonds. The van der Waals surface area contributed by atoms with E-state index in [-0.39, 0.29) is 0 Å². The van der Waals surface area contributed by atoms with Crippen LogP contribution in [0.5, 0.6) is 0 Å². The third kappa shape index (κ3) is 4.62. The van der Waals surface area contributed by atoms with E-state index in [2.05, 4.69) is 41.3 Å². The number of hydrogen-bond acceptors (Lipinski definition) is 2. The summed E-state index contributed by atoms with van der Waals surface area (Å²) in [6, 6.07) is 8.92. The summed E-state index contributed by atoms with van der Waals surface area (Å²) in [4.78, 5) is 6.85. The zero-order chi connectivity index (χ0) is 16.1. The number of nitrogens with zero attached hydrogens (tertiary/aromatic N) is 2. The Kier molecular flexibility index (Phi) is 6.09. The molecule has 1 aliphatic heterocycles. The van der Waals surface area contributed by atoms with Gasteiger partial charge in [0.2, 0.25) is 0 Å². The maximum Gasteiger partial charge on any atom is 0.191 e. The van der Waals surface area contributed by atoms with Crippen LogP contribution in [0.1, 0.15) is 26.3 Å². The fourth-order valence-electron chi connectivity index (χ4n) is 2.77. The average molecular weight is 323 g/mol. The van der Waals surface area contributed by atoms with E-state index < -0.39 is 0 Å². The van der Waals surface area contributed by atoms with Crippen molar-refractivity contribution in [2.45, 2.75) is 39.4 Å². The lowest BCUT2D eigenvalue weighted by molar-refractivity contribution is 0.265. The van der Waals surface area contributed by atoms with E-state index in [0.29, 0.717) is 18.0 Å². The van der Waals surface area contributed by atoms with Crippen molar-refractivity contribution in [3.05, 3.63) is 34.9 Å². The van der Waals surface area contributed by atoms with Crippen molar-refractivity contribution < 1.29 is 0 Å². The molecule has 4 nitrogen and oxygen atoms in total. The van der Waals surface area contributed by atoms with E-state index in [9.17, 15) is 0 Å². The van der Waals surface area contributed by atoms with E-state index in [1.807, 2.05) is 31.3 Å². The summed E-state index contributed by atoms with van der Waals surface area (Å²) in [7, 11) is 1.82. The number of guanidine groups is 1. The first-order valence-corrected chi connectivity index (χ1v) is 8.33. The number of likely N-dealkylation sites (tertiary alicyclic amines) is 1. The van der Waals surface area contributed by atoms with Gasteiger partial charge in [-0.1, -0.05) is 30.7 Å². The lowest BCUT2D eigenvalue weighted by Crippen LogP contribution is -2.46. The molecule has 2 atom stereocenters. The standard InChI is InChI=1S/C17H27ClN4/c1-12(2)22-10-13(3)16(11-22)21-17(19-4)20-9-14-5-7-15(18)8-6-14/h5-8,12-13,16H,9-11H2,1-4H3,(H2,19,20,21). The van der Waals surface area contributed by atoms with Crippen molar-refractivity contribution in [2.75, 3.05) is 20.1 Å². The molecule has 2 rings (SSSR count). The van der Waals surface area contributed by atoms with E-state index in [1.165, 1.54) is 5.56 Å². The Balaban J connectivity index is 1.86. The minimum absolute atomic E-state index is 0.443. The molecular weight excluding hydrogens is 296 g/mol. The van der Waals surface area contributed by atoms with Crippen molar-refractivity contribution in [3.63, 3.8) is 0 Å². The molecule has 1 saturated heterocycles. The van der Waals surface area contributed by atoms with Crippen LogP contribution < -0.4 is 10.6 Å². The first kappa shape index (κ1) is 17.1. The van der Waals surface area contributed by atoms with Crippen molar-refractivity contribution in [1.29, 1.82) is 0 Å². The molecule has 0 spiro atoms. The highest BCUT2D eigenvalue weighted by Crippen LogP contribution is 2.18. The summed E-state index contributed by atoms with van der Waals surface area (Å²) < 4.78 is 0. The molecule has 22 heavy (non-hydrogen) atoms. The van der Waals surface area contributed by atoms with Crippen molar-refractivity contribution in [1.82, 2.24) is 15.5 Å². The second-order valence-electron chi connectivity index (χ2n) is 6.33. The second kappa shape index (κ2) is 7.84. The maximum atomic E-state index is 5.91. The topological polar surface area (TPSA) is 39.7 Å². The molecule has 0 aromatic heterocycles. The van der Waals surface area contributed by atoms with Crippen LogP contribution in [-0.2, 0) is 6.54 Å². The zero-order valence-corrected chi connectivity index (χ0v) is 14.7. The van der Waals surface area contributed by atoms with Crippen LogP contribution in [0.15, 0.2) is 29.3 Å². The largest absolute Gasteiger partial charge is 0.352 e. The summed E-state index contributed by atoms with van der Waals surface area (Å²) >= 11 is 5.91. The van der Waals surface area contributed by atoms with E-state index in [0.717, 1.165) is 30.6 Å². The lowest BCUT2D eigenvalue weighted by Gasteiger charge is -2.22. The van der Waals surface area contributed by atoms with Crippen molar-refractivity contribution in [2.24, 2.45) is 10.9 Å². The zero-order valence-electron chi connectivity index (χ0n) is 13.9. The third-order valence-electron chi connectivity index (χ3n) is 4.29. The van der Waals surface area contributed by atoms with Gasteiger partial charge in [0.05, 0.1) is 0 Å². The minimum atomic E-state index is 0.443. The van der Waals surface area contributed by atoms with E-state index in [4.69, 9.17) is 11.6 Å². The van der Waals surface area contributed by atoms with Gasteiger partial charge in [0.15, 0.2) is 5.96 Å². The monoisotopic (exact) mass is 322 g/mol. The predicted octanol–water partition coefficient (Wildman–Crippen LogP) is 2.73. The Labute approximate surface area is 138 Å². The van der Waals surface area contributed by atoms with Crippen molar-refractivity contribution in [3.8, 4) is 0 Å². The van der Waals surface area contributed by atoms with Crippen LogP contribution in [0.4, 0.5) is 0 Å². The molecule has 122 valence electrons. The number of benzene rings is 1. The van der Waals surface area contributed by atoms with Gasteiger partial charge in [0.1, 0.15) is 0 Å². The average Bonchev–Trinajstić information content (AvgIpc) is 2.86. The molecule has 0 bridgehead atoms. The molecule has 2 unspecified atom stereocenters. The molecule has 0 radical (unpaired) electrons. The van der Waals surface area contributed by atoms with Gasteiger partial charge in [-0.2, -0.15) is 0 Å². The van der Waals surface area contributed by atoms with Crippen LogP contribution in [0.2, 0.25) is 5.02 Å². The minimum Gasteiger partial charge on any atom is -0.352 e. The van der Waals surface area contributed by atoms with Crippen LogP contribution in [-0.4, -0.2) is 43.1 Å². The Hall–Kier alpha value is -1.26. The van der Waals surface area contributed by atoms with Crippen LogP contribution in [0, 0.1) is 5.92 Å². The predicted molar refractivity (Wildman–Crippen MR) is 94.4 cm³/mol. The molecule has 0 saturated carbocycles. The Morgan fingerprint density at radius 1 is 1.32 bits per heavy atom. The SMILES string of the molecule is CN=C(NCc1ccc(Cl)cc1)NC1CN(C(C)C)CC1C. The molecular formula is C17H27ClN4. The number of hydrogen-bond donors (Lipinski definition) is 2. The van der Waals surface area contributed by atoms with Gasteiger partial charge in [0, 0.05) is 43.8 Å². The van der Waals surface area contributed by atoms with Crippen LogP contribution in [0.25, 0.3) is 0 Å². The molecule has 1 aliphatic rings. The van der Waals surface area contributed by atoms with Gasteiger partial charge in [-0.05, 0) is 37.5 Å². The molecule has 1 aromatic carbocycles. The van der Waals surface area contributed by atoms with Gasteiger partial charge in [-0.15, -0.1) is 0 Å². The van der Waals surface area contributed by atoms with Gasteiger partial charge >= 0.3 is 0 Å². The molecule has 2 N–H and O–H groups in total. The first-order chi connectivity index (χ1) is 10.5. The number of rotatable bonds is 4. The Morgan fingerprint density at radius 3 is 2.55 bits per heavy atom. The smallest absolute Gasteiger partial charge is 0.191 e. The second-order valence-corrected chi connectivity index (χ2v) is 6.76. The van der Waals surface area contributed by atoms with Crippen LogP contribution >= 0.6 is 11.6 Å². The van der Waals surface area contributed by atoms with Crippen LogP contribution in [0.3, 0.4) is 0 Å². The summed E-state index contributed by atoms with van der Waals surface area (Å²) in [5.74, 6) is 1.48. The highest BCUT2D eigenvalue weighted by atomic mass is 35.5. The van der Waals surface area contributed by atoms with Gasteiger partial charge in [-0.3, -0.25) is 9.89 Å². The summed E-state index contributed by atoms with van der Waals surface area (Å²) in [5, 5.41) is 7.69. The molecule has 1 heterocycles. The normalized spacial score (nSPS) is 23.1. The van der Waals surface area contributed by atoms with Crippen molar-refractivity contribution >= 4 is 17.6 Å². The fourth-order valence-corrected chi connectivity index (χ4v) is 2.90. The quantitative estimate of drug-likeness (QED) is 0.661. The fraction of sp³-hybridized carbons (Fsp3) is 0.588. The van der Waals surface area contributed by atoms with Gasteiger partial charge in [-0.25, -0.2) is 0 Å². The Morgan fingerprint density at radius 2 is 2.00 bits per heavy atom. The number of aliphatic imine (C=N–C) groups is 1. The molecule has 1 aromatic rings. The molecule has 1 fully saturated rings. The lowest BCUT2D eigenvalue weighted by atomic mass is 10.1. The van der Waals surface area contributed by atoms with E-state index in [1.54, 1.807) is 0 Å². The molecule has 5 heteroatoms. The Bertz CT molecular complexity index is 498. The summed E-state index contributed by atoms with van der Waals surface area (Å²) in [6.45, 7) is 9.76. The number of halogens is 1.